The molecule has 2 atom stereocenters. The number of hydrogen-bond donors (Lipinski definition) is 3. The molecular weight excluding hydrogens is 911 g/mol. The minimum atomic E-state index is -0.840. The lowest BCUT2D eigenvalue weighted by molar-refractivity contribution is -0.143. The lowest BCUT2D eigenvalue weighted by atomic mass is 10.0. The molecule has 6 nitrogen and oxygen atoms in total. The van der Waals surface area contributed by atoms with Gasteiger partial charge >= 0.3 is 5.97 Å². The molecule has 0 aliphatic rings. The van der Waals surface area contributed by atoms with E-state index in [1.165, 1.54) is 283 Å². The third-order valence-electron chi connectivity index (χ3n) is 15.4. The van der Waals surface area contributed by atoms with Gasteiger partial charge in [-0.1, -0.05) is 320 Å². The molecule has 436 valence electrons. The number of allylic oxidation sites excluding steroid dienone is 5. The second-order valence-corrected chi connectivity index (χ2v) is 22.8. The number of esters is 1. The van der Waals surface area contributed by atoms with E-state index in [9.17, 15) is 19.8 Å². The van der Waals surface area contributed by atoms with Crippen LogP contribution in [0.3, 0.4) is 0 Å². The second kappa shape index (κ2) is 63.6. The number of carbonyl (C=O) groups is 2. The summed E-state index contributed by atoms with van der Waals surface area (Å²) in [6.45, 7) is 4.88. The van der Waals surface area contributed by atoms with Crippen LogP contribution in [-0.2, 0) is 14.3 Å². The van der Waals surface area contributed by atoms with Crippen molar-refractivity contribution in [3.8, 4) is 0 Å². The smallest absolute Gasteiger partial charge is 0.305 e. The Balaban J connectivity index is 3.32. The minimum Gasteiger partial charge on any atom is -0.466 e. The van der Waals surface area contributed by atoms with Gasteiger partial charge in [-0.25, -0.2) is 0 Å². The Morgan fingerprint density at radius 2 is 0.676 bits per heavy atom. The number of ether oxygens (including phenoxy) is 1. The monoisotopic (exact) mass is 1040 g/mol. The zero-order valence-corrected chi connectivity index (χ0v) is 49.8. The molecule has 0 aromatic rings. The quantitative estimate of drug-likeness (QED) is 0.0320. The summed E-state index contributed by atoms with van der Waals surface area (Å²) in [5, 5.41) is 23.0. The van der Waals surface area contributed by atoms with Crippen LogP contribution in [0, 0.1) is 0 Å². The average Bonchev–Trinajstić information content (AvgIpc) is 3.40. The Labute approximate surface area is 462 Å². The van der Waals surface area contributed by atoms with E-state index >= 15 is 0 Å². The zero-order chi connectivity index (χ0) is 53.6. The van der Waals surface area contributed by atoms with Gasteiger partial charge in [-0.05, 0) is 64.2 Å². The summed E-state index contributed by atoms with van der Waals surface area (Å²) in [5.74, 6) is -0.0577. The Morgan fingerprint density at radius 3 is 1.05 bits per heavy atom. The number of hydrogen-bond acceptors (Lipinski definition) is 5. The van der Waals surface area contributed by atoms with E-state index in [4.69, 9.17) is 4.74 Å². The molecule has 0 spiro atoms. The molecule has 0 radical (unpaired) electrons. The highest BCUT2D eigenvalue weighted by Gasteiger charge is 2.18. The fourth-order valence-corrected chi connectivity index (χ4v) is 10.3. The summed E-state index contributed by atoms with van der Waals surface area (Å²) < 4.78 is 5.49. The van der Waals surface area contributed by atoms with Gasteiger partial charge in [-0.3, -0.25) is 9.59 Å². The van der Waals surface area contributed by atoms with Crippen molar-refractivity contribution < 1.29 is 24.5 Å². The standard InChI is InChI=1S/C68H129NO5/c1-3-5-7-9-11-13-15-16-34-38-42-46-50-54-58-62-68(73)74-63-59-55-51-47-43-39-36-33-31-29-27-25-23-21-19-17-18-20-22-24-26-28-30-32-35-37-41-45-49-53-57-61-67(72)69-65(64-70)66(71)60-56-52-48-44-40-14-12-10-8-6-4-2/h11,13,16,34,56,60,65-66,70-71H,3-10,12,14-15,17-33,35-55,57-59,61-64H2,1-2H3,(H,69,72)/b13-11-,34-16-,60-56+. The molecule has 3 N–H and O–H groups in total. The number of unbranched alkanes of at least 4 members (excludes halogenated alkanes) is 47. The number of aliphatic hydroxyl groups excluding tert-OH is 2. The first kappa shape index (κ1) is 72.1. The number of carbonyl (C=O) groups excluding carboxylic acids is 2. The number of amides is 1. The third-order valence-corrected chi connectivity index (χ3v) is 15.4. The maximum Gasteiger partial charge on any atom is 0.305 e. The molecule has 0 aliphatic heterocycles. The van der Waals surface area contributed by atoms with Gasteiger partial charge in [0.15, 0.2) is 0 Å². The van der Waals surface area contributed by atoms with Crippen LogP contribution in [-0.4, -0.2) is 47.4 Å². The second-order valence-electron chi connectivity index (χ2n) is 22.8. The lowest BCUT2D eigenvalue weighted by Gasteiger charge is -2.20. The zero-order valence-electron chi connectivity index (χ0n) is 49.8. The average molecular weight is 1040 g/mol. The molecule has 0 heterocycles. The first-order valence-corrected chi connectivity index (χ1v) is 33.3. The van der Waals surface area contributed by atoms with E-state index in [-0.39, 0.29) is 18.5 Å². The van der Waals surface area contributed by atoms with Gasteiger partial charge in [0, 0.05) is 12.8 Å². The summed E-state index contributed by atoms with van der Waals surface area (Å²) >= 11 is 0. The van der Waals surface area contributed by atoms with E-state index in [1.54, 1.807) is 6.08 Å². The molecule has 0 aromatic heterocycles. The van der Waals surface area contributed by atoms with Crippen LogP contribution in [0.25, 0.3) is 0 Å². The first-order chi connectivity index (χ1) is 36.5. The Morgan fingerprint density at radius 1 is 0.378 bits per heavy atom. The van der Waals surface area contributed by atoms with Gasteiger partial charge in [-0.15, -0.1) is 0 Å². The van der Waals surface area contributed by atoms with Crippen LogP contribution in [0.15, 0.2) is 36.5 Å². The van der Waals surface area contributed by atoms with Gasteiger partial charge in [0.25, 0.3) is 0 Å². The summed E-state index contributed by atoms with van der Waals surface area (Å²) in [6.07, 6.45) is 80.8. The van der Waals surface area contributed by atoms with E-state index in [2.05, 4.69) is 43.5 Å². The molecule has 74 heavy (non-hydrogen) atoms. The minimum absolute atomic E-state index is 0.00635. The summed E-state index contributed by atoms with van der Waals surface area (Å²) in [7, 11) is 0. The predicted molar refractivity (Wildman–Crippen MR) is 324 cm³/mol. The lowest BCUT2D eigenvalue weighted by Crippen LogP contribution is -2.45. The maximum absolute atomic E-state index is 12.4. The highest BCUT2D eigenvalue weighted by molar-refractivity contribution is 5.76. The van der Waals surface area contributed by atoms with Crippen LogP contribution in [0.2, 0.25) is 0 Å². The van der Waals surface area contributed by atoms with E-state index in [1.807, 2.05) is 6.08 Å². The molecular formula is C68H129NO5. The van der Waals surface area contributed by atoms with E-state index in [0.29, 0.717) is 19.4 Å². The van der Waals surface area contributed by atoms with Crippen molar-refractivity contribution in [1.29, 1.82) is 0 Å². The van der Waals surface area contributed by atoms with Crippen molar-refractivity contribution in [3.05, 3.63) is 36.5 Å². The summed E-state index contributed by atoms with van der Waals surface area (Å²) in [5.41, 5.74) is 0. The fourth-order valence-electron chi connectivity index (χ4n) is 10.3. The summed E-state index contributed by atoms with van der Waals surface area (Å²) in [4.78, 5) is 24.5. The molecule has 2 unspecified atom stereocenters. The number of nitrogens with one attached hydrogen (secondary N) is 1. The van der Waals surface area contributed by atoms with Crippen molar-refractivity contribution in [2.45, 2.75) is 373 Å². The highest BCUT2D eigenvalue weighted by atomic mass is 16.5. The first-order valence-electron chi connectivity index (χ1n) is 33.3. The molecule has 0 rings (SSSR count). The van der Waals surface area contributed by atoms with Crippen molar-refractivity contribution in [2.75, 3.05) is 13.2 Å². The largest absolute Gasteiger partial charge is 0.466 e. The van der Waals surface area contributed by atoms with E-state index in [0.717, 1.165) is 51.4 Å². The van der Waals surface area contributed by atoms with Crippen LogP contribution >= 0.6 is 0 Å². The topological polar surface area (TPSA) is 95.9 Å². The third kappa shape index (κ3) is 59.3. The SMILES string of the molecule is CCCCC/C=C\C/C=C\CCCCCCCC(=O)OCCCCCCCCCCCCCCCCCCCCCCCCCCCCCCCCCC(=O)NC(CO)C(O)/C=C/CCCCCCCCCCC. The fraction of sp³-hybridized carbons (Fsp3) is 0.882. The van der Waals surface area contributed by atoms with E-state index < -0.39 is 12.1 Å². The summed E-state index contributed by atoms with van der Waals surface area (Å²) in [6, 6.07) is -0.623. The van der Waals surface area contributed by atoms with Gasteiger partial charge in [0.1, 0.15) is 0 Å². The van der Waals surface area contributed by atoms with Crippen molar-refractivity contribution in [1.82, 2.24) is 5.32 Å². The molecule has 1 amide bonds. The van der Waals surface area contributed by atoms with Gasteiger partial charge in [0.2, 0.25) is 5.91 Å². The number of aliphatic hydroxyl groups is 2. The van der Waals surface area contributed by atoms with Crippen molar-refractivity contribution >= 4 is 11.9 Å². The van der Waals surface area contributed by atoms with Crippen LogP contribution in [0.5, 0.6) is 0 Å². The Kier molecular flexibility index (Phi) is 62.0. The molecule has 0 bridgehead atoms. The van der Waals surface area contributed by atoms with Crippen LogP contribution < -0.4 is 5.32 Å². The predicted octanol–water partition coefficient (Wildman–Crippen LogP) is 21.1. The van der Waals surface area contributed by atoms with Crippen LogP contribution in [0.4, 0.5) is 0 Å². The molecule has 6 heteroatoms. The molecule has 0 saturated carbocycles. The Bertz CT molecular complexity index is 1200. The number of rotatable bonds is 62. The van der Waals surface area contributed by atoms with Crippen molar-refractivity contribution in [2.24, 2.45) is 0 Å². The molecule has 0 aliphatic carbocycles. The molecule has 0 fully saturated rings. The maximum atomic E-state index is 12.4. The van der Waals surface area contributed by atoms with Gasteiger partial charge in [0.05, 0.1) is 25.4 Å². The normalized spacial score (nSPS) is 12.8. The molecule has 0 saturated heterocycles. The molecule has 0 aromatic carbocycles. The Hall–Kier alpha value is -1.92. The van der Waals surface area contributed by atoms with Gasteiger partial charge in [-0.2, -0.15) is 0 Å². The van der Waals surface area contributed by atoms with Gasteiger partial charge < -0.3 is 20.3 Å². The highest BCUT2D eigenvalue weighted by Crippen LogP contribution is 2.18. The van der Waals surface area contributed by atoms with Crippen molar-refractivity contribution in [3.63, 3.8) is 0 Å². The van der Waals surface area contributed by atoms with Crippen LogP contribution in [0.1, 0.15) is 361 Å².